The average Bonchev–Trinajstić information content (AvgIpc) is 3.50. The number of H-pyrrole nitrogens is 1. The van der Waals surface area contributed by atoms with Gasteiger partial charge >= 0.3 is 0 Å². The number of methoxy groups -OCH3 is 1. The zero-order valence-electron chi connectivity index (χ0n) is 18.1. The second-order valence-corrected chi connectivity index (χ2v) is 8.39. The molecule has 31 heavy (non-hydrogen) atoms. The smallest absolute Gasteiger partial charge is 0.254 e. The van der Waals surface area contributed by atoms with Gasteiger partial charge in [0.2, 0.25) is 0 Å². The van der Waals surface area contributed by atoms with Crippen molar-refractivity contribution in [1.82, 2.24) is 14.9 Å². The monoisotopic (exact) mass is 416 g/mol. The maximum Gasteiger partial charge on any atom is 0.254 e. The van der Waals surface area contributed by atoms with E-state index in [-0.39, 0.29) is 11.9 Å². The standard InChI is InChI=1S/C25H28N4O2/c1-17-5-6-19(15-22(17)28-12-3-4-13-28)25(30)29-14-11-21-23(27-16-26-21)24(29)18-7-9-20(31-2)10-8-18/h5-10,15-16,24H,3-4,11-14H2,1-2H3,(H,26,27)/t24-/m1/s1. The molecule has 1 atom stereocenters. The number of fused-ring (bicyclic) bond motifs is 1. The number of aryl methyl sites for hydroxylation is 1. The van der Waals surface area contributed by atoms with Crippen LogP contribution in [0, 0.1) is 6.92 Å². The van der Waals surface area contributed by atoms with Gasteiger partial charge in [-0.25, -0.2) is 4.98 Å². The fraction of sp³-hybridized carbons (Fsp3) is 0.360. The van der Waals surface area contributed by atoms with E-state index >= 15 is 0 Å². The van der Waals surface area contributed by atoms with Gasteiger partial charge in [0.15, 0.2) is 0 Å². The molecule has 1 aromatic heterocycles. The lowest BCUT2D eigenvalue weighted by Crippen LogP contribution is -2.40. The first-order chi connectivity index (χ1) is 15.2. The van der Waals surface area contributed by atoms with Gasteiger partial charge in [0.1, 0.15) is 11.8 Å². The highest BCUT2D eigenvalue weighted by Crippen LogP contribution is 2.36. The fourth-order valence-electron chi connectivity index (χ4n) is 4.83. The van der Waals surface area contributed by atoms with Crippen molar-refractivity contribution in [2.45, 2.75) is 32.2 Å². The Bertz CT molecular complexity index is 1080. The van der Waals surface area contributed by atoms with Gasteiger partial charge in [0, 0.05) is 43.0 Å². The minimum absolute atomic E-state index is 0.0508. The van der Waals surface area contributed by atoms with Gasteiger partial charge in [0.25, 0.3) is 5.91 Å². The number of anilines is 1. The molecule has 3 heterocycles. The van der Waals surface area contributed by atoms with Crippen LogP contribution in [-0.2, 0) is 6.42 Å². The van der Waals surface area contributed by atoms with Crippen LogP contribution in [0.5, 0.6) is 5.75 Å². The third kappa shape index (κ3) is 3.56. The number of aromatic nitrogens is 2. The molecule has 0 saturated carbocycles. The minimum Gasteiger partial charge on any atom is -0.497 e. The van der Waals surface area contributed by atoms with Crippen LogP contribution >= 0.6 is 0 Å². The lowest BCUT2D eigenvalue weighted by atomic mass is 9.94. The molecular weight excluding hydrogens is 388 g/mol. The van der Waals surface area contributed by atoms with Crippen molar-refractivity contribution >= 4 is 11.6 Å². The third-order valence-electron chi connectivity index (χ3n) is 6.52. The largest absolute Gasteiger partial charge is 0.497 e. The molecule has 6 nitrogen and oxygen atoms in total. The lowest BCUT2D eigenvalue weighted by Gasteiger charge is -2.35. The summed E-state index contributed by atoms with van der Waals surface area (Å²) >= 11 is 0. The van der Waals surface area contributed by atoms with Gasteiger partial charge in [-0.1, -0.05) is 18.2 Å². The Balaban J connectivity index is 1.51. The lowest BCUT2D eigenvalue weighted by molar-refractivity contribution is 0.0690. The first kappa shape index (κ1) is 19.7. The number of nitrogens with zero attached hydrogens (tertiary/aromatic N) is 3. The molecule has 1 N–H and O–H groups in total. The van der Waals surface area contributed by atoms with E-state index < -0.39 is 0 Å². The number of carbonyl (C=O) groups is 1. The number of carbonyl (C=O) groups excluding carboxylic acids is 1. The second kappa shape index (κ2) is 8.10. The summed E-state index contributed by atoms with van der Waals surface area (Å²) in [5.41, 5.74) is 6.21. The number of rotatable bonds is 4. The number of imidazole rings is 1. The van der Waals surface area contributed by atoms with Crippen molar-refractivity contribution in [2.24, 2.45) is 0 Å². The van der Waals surface area contributed by atoms with Crippen molar-refractivity contribution in [3.63, 3.8) is 0 Å². The van der Waals surface area contributed by atoms with Crippen LogP contribution in [0.25, 0.3) is 0 Å². The molecule has 0 aliphatic carbocycles. The third-order valence-corrected chi connectivity index (χ3v) is 6.52. The maximum atomic E-state index is 13.8. The molecule has 1 amide bonds. The molecular formula is C25H28N4O2. The van der Waals surface area contributed by atoms with Crippen molar-refractivity contribution in [1.29, 1.82) is 0 Å². The summed E-state index contributed by atoms with van der Waals surface area (Å²) in [5.74, 6) is 0.850. The molecule has 0 unspecified atom stereocenters. The number of amides is 1. The van der Waals surface area contributed by atoms with Crippen LogP contribution in [-0.4, -0.2) is 47.5 Å². The molecule has 1 saturated heterocycles. The summed E-state index contributed by atoms with van der Waals surface area (Å²) in [6, 6.07) is 13.8. The van der Waals surface area contributed by atoms with Crippen LogP contribution in [0.15, 0.2) is 48.8 Å². The zero-order valence-corrected chi connectivity index (χ0v) is 18.1. The Morgan fingerprint density at radius 2 is 1.87 bits per heavy atom. The highest BCUT2D eigenvalue weighted by atomic mass is 16.5. The fourth-order valence-corrected chi connectivity index (χ4v) is 4.83. The summed E-state index contributed by atoms with van der Waals surface area (Å²) in [6.45, 7) is 4.90. The molecule has 1 fully saturated rings. The second-order valence-electron chi connectivity index (χ2n) is 8.39. The molecule has 160 valence electrons. The van der Waals surface area contributed by atoms with E-state index in [1.165, 1.54) is 24.1 Å². The molecule has 0 radical (unpaired) electrons. The Labute approximate surface area is 182 Å². The first-order valence-corrected chi connectivity index (χ1v) is 11.0. The average molecular weight is 417 g/mol. The van der Waals surface area contributed by atoms with Gasteiger partial charge < -0.3 is 19.5 Å². The molecule has 2 aliphatic heterocycles. The van der Waals surface area contributed by atoms with Crippen LogP contribution in [0.3, 0.4) is 0 Å². The Morgan fingerprint density at radius 1 is 1.10 bits per heavy atom. The van der Waals surface area contributed by atoms with E-state index in [9.17, 15) is 4.79 Å². The van der Waals surface area contributed by atoms with E-state index in [1.54, 1.807) is 13.4 Å². The topological polar surface area (TPSA) is 61.5 Å². The number of hydrogen-bond acceptors (Lipinski definition) is 4. The van der Waals surface area contributed by atoms with E-state index in [0.717, 1.165) is 47.8 Å². The van der Waals surface area contributed by atoms with Crippen molar-refractivity contribution in [3.05, 3.63) is 76.9 Å². The first-order valence-electron chi connectivity index (χ1n) is 11.0. The molecule has 2 aromatic carbocycles. The zero-order chi connectivity index (χ0) is 21.4. The van der Waals surface area contributed by atoms with Crippen molar-refractivity contribution in [2.75, 3.05) is 31.6 Å². The van der Waals surface area contributed by atoms with Crippen LogP contribution in [0.1, 0.15) is 51.8 Å². The predicted octanol–water partition coefficient (Wildman–Crippen LogP) is 4.11. The number of benzene rings is 2. The van der Waals surface area contributed by atoms with Gasteiger partial charge in [-0.15, -0.1) is 0 Å². The van der Waals surface area contributed by atoms with Crippen LogP contribution < -0.4 is 9.64 Å². The van der Waals surface area contributed by atoms with E-state index in [0.29, 0.717) is 6.54 Å². The highest BCUT2D eigenvalue weighted by Gasteiger charge is 2.34. The Kier molecular flexibility index (Phi) is 5.14. The number of aromatic amines is 1. The van der Waals surface area contributed by atoms with Gasteiger partial charge in [-0.2, -0.15) is 0 Å². The molecule has 2 aliphatic rings. The molecule has 5 rings (SSSR count). The number of ether oxygens (including phenoxy) is 1. The summed E-state index contributed by atoms with van der Waals surface area (Å²) in [4.78, 5) is 26.0. The molecule has 3 aromatic rings. The van der Waals surface area contributed by atoms with E-state index in [2.05, 4.69) is 33.9 Å². The molecule has 6 heteroatoms. The highest BCUT2D eigenvalue weighted by molar-refractivity contribution is 5.96. The number of hydrogen-bond donors (Lipinski definition) is 1. The normalized spacial score (nSPS) is 18.2. The predicted molar refractivity (Wildman–Crippen MR) is 121 cm³/mol. The summed E-state index contributed by atoms with van der Waals surface area (Å²) in [7, 11) is 1.66. The minimum atomic E-state index is -0.218. The molecule has 0 bridgehead atoms. The quantitative estimate of drug-likeness (QED) is 0.695. The van der Waals surface area contributed by atoms with Gasteiger partial charge in [-0.05, 0) is 55.2 Å². The summed E-state index contributed by atoms with van der Waals surface area (Å²) in [6.07, 6.45) is 4.93. The Hall–Kier alpha value is -3.28. The van der Waals surface area contributed by atoms with Gasteiger partial charge in [0.05, 0.1) is 19.1 Å². The van der Waals surface area contributed by atoms with E-state index in [1.807, 2.05) is 35.2 Å². The van der Waals surface area contributed by atoms with Crippen molar-refractivity contribution in [3.8, 4) is 5.75 Å². The van der Waals surface area contributed by atoms with Crippen LogP contribution in [0.2, 0.25) is 0 Å². The van der Waals surface area contributed by atoms with Crippen LogP contribution in [0.4, 0.5) is 5.69 Å². The maximum absolute atomic E-state index is 13.8. The molecule has 0 spiro atoms. The van der Waals surface area contributed by atoms with E-state index in [4.69, 9.17) is 4.74 Å². The Morgan fingerprint density at radius 3 is 2.61 bits per heavy atom. The van der Waals surface area contributed by atoms with Gasteiger partial charge in [-0.3, -0.25) is 4.79 Å². The number of nitrogens with one attached hydrogen (secondary N) is 1. The summed E-state index contributed by atoms with van der Waals surface area (Å²) < 4.78 is 5.32. The van der Waals surface area contributed by atoms with Crippen molar-refractivity contribution < 1.29 is 9.53 Å². The SMILES string of the molecule is COc1ccc([C@@H]2c3nc[nH]c3CCN2C(=O)c2ccc(C)c(N3CCCC3)c2)cc1. The summed E-state index contributed by atoms with van der Waals surface area (Å²) in [5, 5.41) is 0.